The molecule has 0 radical (unpaired) electrons. The molecule has 0 unspecified atom stereocenters. The second kappa shape index (κ2) is 10.2. The molecule has 34 heavy (non-hydrogen) atoms. The SMILES string of the molecule is CN(Cc1ccccc1N1CCOCC1)C(=O)c1ccc(S(=O)(=O)Nc2ccc(F)cc2)cc1. The van der Waals surface area contributed by atoms with Crippen LogP contribution >= 0.6 is 0 Å². The van der Waals surface area contributed by atoms with Crippen LogP contribution in [0.15, 0.2) is 77.7 Å². The van der Waals surface area contributed by atoms with E-state index in [4.69, 9.17) is 4.74 Å². The minimum Gasteiger partial charge on any atom is -0.378 e. The maximum atomic E-state index is 13.1. The highest BCUT2D eigenvalue weighted by molar-refractivity contribution is 7.92. The maximum Gasteiger partial charge on any atom is 0.261 e. The van der Waals surface area contributed by atoms with Crippen LogP contribution in [0.5, 0.6) is 0 Å². The highest BCUT2D eigenvalue weighted by Crippen LogP contribution is 2.24. The van der Waals surface area contributed by atoms with Gasteiger partial charge in [-0.3, -0.25) is 9.52 Å². The summed E-state index contributed by atoms with van der Waals surface area (Å²) in [6, 6.07) is 18.8. The van der Waals surface area contributed by atoms with Gasteiger partial charge in [-0.05, 0) is 60.2 Å². The van der Waals surface area contributed by atoms with Gasteiger partial charge in [0.1, 0.15) is 5.82 Å². The lowest BCUT2D eigenvalue weighted by molar-refractivity contribution is 0.0784. The Hall–Kier alpha value is -3.43. The van der Waals surface area contributed by atoms with Crippen LogP contribution in [-0.2, 0) is 21.3 Å². The van der Waals surface area contributed by atoms with Gasteiger partial charge in [0.15, 0.2) is 0 Å². The van der Waals surface area contributed by atoms with E-state index in [1.54, 1.807) is 11.9 Å². The van der Waals surface area contributed by atoms with E-state index in [1.807, 2.05) is 24.3 Å². The fourth-order valence-corrected chi connectivity index (χ4v) is 4.87. The molecule has 3 aromatic carbocycles. The van der Waals surface area contributed by atoms with Crippen molar-refractivity contribution < 1.29 is 22.3 Å². The number of carbonyl (C=O) groups excluding carboxylic acids is 1. The van der Waals surface area contributed by atoms with Crippen molar-refractivity contribution in [1.82, 2.24) is 4.90 Å². The normalized spacial score (nSPS) is 14.0. The molecule has 3 aromatic rings. The van der Waals surface area contributed by atoms with E-state index >= 15 is 0 Å². The van der Waals surface area contributed by atoms with Crippen LogP contribution in [0.3, 0.4) is 0 Å². The van der Waals surface area contributed by atoms with Gasteiger partial charge in [-0.15, -0.1) is 0 Å². The van der Waals surface area contributed by atoms with E-state index in [9.17, 15) is 17.6 Å². The molecule has 0 aromatic heterocycles. The number of benzene rings is 3. The zero-order valence-corrected chi connectivity index (χ0v) is 19.6. The van der Waals surface area contributed by atoms with E-state index in [1.165, 1.54) is 48.5 Å². The molecule has 1 saturated heterocycles. The zero-order valence-electron chi connectivity index (χ0n) is 18.8. The standard InChI is InChI=1S/C25H26FN3O4S/c1-28(18-20-4-2-3-5-24(20)29-14-16-33-17-15-29)25(30)19-6-12-23(13-7-19)34(31,32)27-22-10-8-21(26)9-11-22/h2-13,27H,14-18H2,1H3. The third-order valence-electron chi connectivity index (χ3n) is 5.61. The van der Waals surface area contributed by atoms with Gasteiger partial charge in [-0.2, -0.15) is 0 Å². The first-order valence-corrected chi connectivity index (χ1v) is 12.4. The lowest BCUT2D eigenvalue weighted by atomic mass is 10.1. The van der Waals surface area contributed by atoms with E-state index in [0.717, 1.165) is 24.3 Å². The first-order valence-electron chi connectivity index (χ1n) is 10.9. The molecule has 0 bridgehead atoms. The van der Waals surface area contributed by atoms with Gasteiger partial charge in [-0.1, -0.05) is 18.2 Å². The lowest BCUT2D eigenvalue weighted by Gasteiger charge is -2.31. The second-order valence-corrected chi connectivity index (χ2v) is 9.71. The fourth-order valence-electron chi connectivity index (χ4n) is 3.81. The number of halogens is 1. The van der Waals surface area contributed by atoms with Gasteiger partial charge in [0.05, 0.1) is 18.1 Å². The minimum absolute atomic E-state index is 0.00805. The van der Waals surface area contributed by atoms with Crippen molar-refractivity contribution in [2.45, 2.75) is 11.4 Å². The molecule has 178 valence electrons. The Morgan fingerprint density at radius 2 is 1.65 bits per heavy atom. The van der Waals surface area contributed by atoms with E-state index in [-0.39, 0.29) is 16.5 Å². The van der Waals surface area contributed by atoms with Crippen LogP contribution in [0.4, 0.5) is 15.8 Å². The fraction of sp³-hybridized carbons (Fsp3) is 0.240. The first kappa shape index (κ1) is 23.7. The summed E-state index contributed by atoms with van der Waals surface area (Å²) in [5.74, 6) is -0.672. The number of ether oxygens (including phenoxy) is 1. The molecule has 0 aliphatic carbocycles. The van der Waals surface area contributed by atoms with E-state index in [2.05, 4.69) is 9.62 Å². The number of rotatable bonds is 7. The third kappa shape index (κ3) is 5.55. The summed E-state index contributed by atoms with van der Waals surface area (Å²) in [7, 11) is -2.15. The van der Waals surface area contributed by atoms with Gasteiger partial charge in [0.2, 0.25) is 0 Å². The number of sulfonamides is 1. The smallest absolute Gasteiger partial charge is 0.261 e. The van der Waals surface area contributed by atoms with E-state index in [0.29, 0.717) is 25.3 Å². The van der Waals surface area contributed by atoms with Crippen molar-refractivity contribution >= 4 is 27.3 Å². The lowest BCUT2D eigenvalue weighted by Crippen LogP contribution is -2.37. The summed E-state index contributed by atoms with van der Waals surface area (Å²) in [5, 5.41) is 0. The molecule has 1 fully saturated rings. The molecular formula is C25H26FN3O4S. The van der Waals surface area contributed by atoms with Crippen LogP contribution in [0.1, 0.15) is 15.9 Å². The summed E-state index contributed by atoms with van der Waals surface area (Å²) >= 11 is 0. The summed E-state index contributed by atoms with van der Waals surface area (Å²) in [5.41, 5.74) is 2.74. The minimum atomic E-state index is -3.87. The number of morpholine rings is 1. The highest BCUT2D eigenvalue weighted by atomic mass is 32.2. The van der Waals surface area contributed by atoms with Gasteiger partial charge in [-0.25, -0.2) is 12.8 Å². The van der Waals surface area contributed by atoms with Crippen molar-refractivity contribution in [3.8, 4) is 0 Å². The number of amides is 1. The highest BCUT2D eigenvalue weighted by Gasteiger charge is 2.19. The number of para-hydroxylation sites is 1. The van der Waals surface area contributed by atoms with Crippen molar-refractivity contribution in [2.75, 3.05) is 43.0 Å². The van der Waals surface area contributed by atoms with Crippen LogP contribution in [0.2, 0.25) is 0 Å². The third-order valence-corrected chi connectivity index (χ3v) is 7.00. The monoisotopic (exact) mass is 483 g/mol. The van der Waals surface area contributed by atoms with Gasteiger partial charge in [0.25, 0.3) is 15.9 Å². The summed E-state index contributed by atoms with van der Waals surface area (Å²) in [6.07, 6.45) is 0. The number of hydrogen-bond donors (Lipinski definition) is 1. The zero-order chi connectivity index (χ0) is 24.1. The van der Waals surface area contributed by atoms with Crippen molar-refractivity contribution in [3.05, 3.63) is 89.7 Å². The Labute approximate surface area is 198 Å². The molecule has 1 heterocycles. The van der Waals surface area contributed by atoms with Crippen LogP contribution < -0.4 is 9.62 Å². The maximum absolute atomic E-state index is 13.1. The Morgan fingerprint density at radius 3 is 2.32 bits per heavy atom. The van der Waals surface area contributed by atoms with E-state index < -0.39 is 15.8 Å². The van der Waals surface area contributed by atoms with Gasteiger partial charge in [0, 0.05) is 43.6 Å². The molecule has 4 rings (SSSR count). The van der Waals surface area contributed by atoms with Gasteiger partial charge >= 0.3 is 0 Å². The summed E-state index contributed by atoms with van der Waals surface area (Å²) in [6.45, 7) is 3.37. The number of hydrogen-bond acceptors (Lipinski definition) is 5. The Bertz CT molecular complexity index is 1240. The average molecular weight is 484 g/mol. The van der Waals surface area contributed by atoms with Crippen LogP contribution in [-0.4, -0.2) is 52.6 Å². The molecule has 0 saturated carbocycles. The average Bonchev–Trinajstić information content (AvgIpc) is 2.86. The summed E-state index contributed by atoms with van der Waals surface area (Å²) in [4.78, 5) is 16.9. The van der Waals surface area contributed by atoms with Crippen LogP contribution in [0.25, 0.3) is 0 Å². The number of nitrogens with zero attached hydrogens (tertiary/aromatic N) is 2. The largest absolute Gasteiger partial charge is 0.378 e. The molecule has 0 spiro atoms. The number of carbonyl (C=O) groups is 1. The second-order valence-electron chi connectivity index (χ2n) is 8.03. The predicted molar refractivity (Wildman–Crippen MR) is 129 cm³/mol. The molecule has 9 heteroatoms. The molecule has 1 aliphatic heterocycles. The quantitative estimate of drug-likeness (QED) is 0.554. The Morgan fingerprint density at radius 1 is 1.00 bits per heavy atom. The topological polar surface area (TPSA) is 79.0 Å². The molecule has 1 aliphatic rings. The molecule has 1 amide bonds. The number of nitrogens with one attached hydrogen (secondary N) is 1. The van der Waals surface area contributed by atoms with Crippen molar-refractivity contribution in [1.29, 1.82) is 0 Å². The van der Waals surface area contributed by atoms with Gasteiger partial charge < -0.3 is 14.5 Å². The Balaban J connectivity index is 1.45. The first-order chi connectivity index (χ1) is 16.3. The van der Waals surface area contributed by atoms with Crippen molar-refractivity contribution in [3.63, 3.8) is 0 Å². The summed E-state index contributed by atoms with van der Waals surface area (Å²) < 4.78 is 46.1. The number of anilines is 2. The Kier molecular flexibility index (Phi) is 7.14. The molecule has 7 nitrogen and oxygen atoms in total. The molecule has 1 N–H and O–H groups in total. The predicted octanol–water partition coefficient (Wildman–Crippen LogP) is 3.74. The molecular weight excluding hydrogens is 457 g/mol. The van der Waals surface area contributed by atoms with Crippen molar-refractivity contribution in [2.24, 2.45) is 0 Å². The van der Waals surface area contributed by atoms with Crippen LogP contribution in [0, 0.1) is 5.82 Å². The molecule has 0 atom stereocenters.